The lowest BCUT2D eigenvalue weighted by Gasteiger charge is -2.37. The highest BCUT2D eigenvalue weighted by molar-refractivity contribution is 6.31. The van der Waals surface area contributed by atoms with Gasteiger partial charge in [-0.1, -0.05) is 17.7 Å². The summed E-state index contributed by atoms with van der Waals surface area (Å²) in [5.41, 5.74) is 2.46. The zero-order chi connectivity index (χ0) is 18.1. The van der Waals surface area contributed by atoms with Crippen LogP contribution in [0.5, 0.6) is 0 Å². The molecule has 0 radical (unpaired) electrons. The van der Waals surface area contributed by atoms with E-state index in [1.165, 1.54) is 5.56 Å². The Morgan fingerprint density at radius 3 is 2.77 bits per heavy atom. The number of nitrogens with one attached hydrogen (secondary N) is 1. The molecule has 1 aliphatic heterocycles. The molecule has 3 heterocycles. The fraction of sp³-hybridized carbons (Fsp3) is 0.316. The number of hydrogen-bond donors (Lipinski definition) is 1. The minimum Gasteiger partial charge on any atom is -0.335 e. The lowest BCUT2D eigenvalue weighted by Crippen LogP contribution is -2.49. The highest BCUT2D eigenvalue weighted by Crippen LogP contribution is 2.24. The smallest absolute Gasteiger partial charge is 0.275 e. The van der Waals surface area contributed by atoms with Crippen molar-refractivity contribution in [2.45, 2.75) is 13.0 Å². The molecular formula is C19H20ClN5O. The van der Waals surface area contributed by atoms with Crippen LogP contribution in [0.15, 0.2) is 42.7 Å². The van der Waals surface area contributed by atoms with Crippen molar-refractivity contribution in [1.82, 2.24) is 25.0 Å². The fourth-order valence-electron chi connectivity index (χ4n) is 3.45. The van der Waals surface area contributed by atoms with Crippen molar-refractivity contribution < 1.29 is 4.79 Å². The Labute approximate surface area is 156 Å². The van der Waals surface area contributed by atoms with Gasteiger partial charge in [-0.15, -0.1) is 0 Å². The first-order valence-electron chi connectivity index (χ1n) is 8.70. The summed E-state index contributed by atoms with van der Waals surface area (Å²) in [6.07, 6.45) is 3.69. The van der Waals surface area contributed by atoms with Crippen molar-refractivity contribution in [3.05, 3.63) is 59.0 Å². The number of H-pyrrole nitrogens is 1. The van der Waals surface area contributed by atoms with E-state index in [4.69, 9.17) is 11.6 Å². The Hall–Kier alpha value is -2.44. The molecule has 7 heteroatoms. The molecule has 2 aromatic heterocycles. The number of fused-ring (bicyclic) bond motifs is 1. The van der Waals surface area contributed by atoms with E-state index >= 15 is 0 Å². The van der Waals surface area contributed by atoms with Crippen LogP contribution in [0.4, 0.5) is 0 Å². The number of nitrogens with zero attached hydrogens (tertiary/aromatic N) is 4. The van der Waals surface area contributed by atoms with E-state index in [0.29, 0.717) is 23.8 Å². The van der Waals surface area contributed by atoms with Crippen LogP contribution >= 0.6 is 11.6 Å². The average molecular weight is 370 g/mol. The number of hydrogen-bond acceptors (Lipinski definition) is 4. The second kappa shape index (κ2) is 7.05. The molecule has 1 aliphatic rings. The third-order valence-electron chi connectivity index (χ3n) is 5.04. The van der Waals surface area contributed by atoms with Gasteiger partial charge >= 0.3 is 0 Å². The Kier molecular flexibility index (Phi) is 4.61. The van der Waals surface area contributed by atoms with Crippen LogP contribution in [0.2, 0.25) is 5.02 Å². The van der Waals surface area contributed by atoms with Gasteiger partial charge in [0.25, 0.3) is 5.91 Å². The highest BCUT2D eigenvalue weighted by atomic mass is 35.5. The molecule has 26 heavy (non-hydrogen) atoms. The van der Waals surface area contributed by atoms with Gasteiger partial charge in [0.1, 0.15) is 0 Å². The number of aromatic amines is 1. The van der Waals surface area contributed by atoms with E-state index in [-0.39, 0.29) is 11.9 Å². The van der Waals surface area contributed by atoms with Crippen LogP contribution in [-0.4, -0.2) is 57.1 Å². The van der Waals surface area contributed by atoms with Crippen LogP contribution in [-0.2, 0) is 0 Å². The lowest BCUT2D eigenvalue weighted by atomic mass is 10.1. The Balaban J connectivity index is 1.46. The highest BCUT2D eigenvalue weighted by Gasteiger charge is 2.27. The first-order valence-corrected chi connectivity index (χ1v) is 9.08. The van der Waals surface area contributed by atoms with Crippen molar-refractivity contribution in [2.75, 3.05) is 26.2 Å². The summed E-state index contributed by atoms with van der Waals surface area (Å²) >= 11 is 6.07. The third-order valence-corrected chi connectivity index (χ3v) is 5.28. The second-order valence-corrected chi connectivity index (χ2v) is 6.99. The van der Waals surface area contributed by atoms with E-state index in [2.05, 4.69) is 33.1 Å². The lowest BCUT2D eigenvalue weighted by molar-refractivity contribution is 0.0578. The molecule has 134 valence electrons. The third kappa shape index (κ3) is 3.18. The molecule has 1 N–H and O–H groups in total. The second-order valence-electron chi connectivity index (χ2n) is 6.55. The summed E-state index contributed by atoms with van der Waals surface area (Å²) in [6.45, 7) is 5.18. The van der Waals surface area contributed by atoms with Crippen molar-refractivity contribution in [3.63, 3.8) is 0 Å². The first kappa shape index (κ1) is 17.0. The van der Waals surface area contributed by atoms with Gasteiger partial charge in [-0.2, -0.15) is 5.10 Å². The SMILES string of the molecule is CC(c1cccnc1)N1CCN(C(=O)c2n[nH]c3ccc(Cl)cc23)CC1. The molecule has 4 rings (SSSR count). The number of rotatable bonds is 3. The fourth-order valence-corrected chi connectivity index (χ4v) is 3.62. The monoisotopic (exact) mass is 369 g/mol. The van der Waals surface area contributed by atoms with Gasteiger partial charge in [-0.05, 0) is 36.8 Å². The molecule has 6 nitrogen and oxygen atoms in total. The minimum absolute atomic E-state index is 0.0489. The summed E-state index contributed by atoms with van der Waals surface area (Å²) in [4.78, 5) is 21.3. The number of piperazine rings is 1. The number of aromatic nitrogens is 3. The normalized spacial score (nSPS) is 16.8. The van der Waals surface area contributed by atoms with E-state index in [1.54, 1.807) is 18.3 Å². The van der Waals surface area contributed by atoms with Gasteiger partial charge in [0, 0.05) is 55.0 Å². The molecule has 0 aliphatic carbocycles. The standard InChI is InChI=1S/C19H20ClN5O/c1-13(14-3-2-6-21-12-14)24-7-9-25(10-8-24)19(26)18-16-11-15(20)4-5-17(16)22-23-18/h2-6,11-13H,7-10H2,1H3,(H,22,23). The number of pyridine rings is 1. The maximum atomic E-state index is 12.9. The number of benzene rings is 1. The topological polar surface area (TPSA) is 65.1 Å². The van der Waals surface area contributed by atoms with Gasteiger partial charge in [0.15, 0.2) is 5.69 Å². The molecule has 1 amide bonds. The summed E-state index contributed by atoms with van der Waals surface area (Å²) in [5, 5.41) is 8.50. The molecule has 1 fully saturated rings. The molecule has 0 saturated carbocycles. The Bertz CT molecular complexity index is 918. The molecule has 1 saturated heterocycles. The van der Waals surface area contributed by atoms with Crippen LogP contribution < -0.4 is 0 Å². The van der Waals surface area contributed by atoms with E-state index < -0.39 is 0 Å². The number of halogens is 1. The molecule has 1 unspecified atom stereocenters. The molecule has 0 spiro atoms. The van der Waals surface area contributed by atoms with Gasteiger partial charge in [0.2, 0.25) is 0 Å². The van der Waals surface area contributed by atoms with Gasteiger partial charge in [0.05, 0.1) is 5.52 Å². The molecule has 3 aromatic rings. The van der Waals surface area contributed by atoms with Gasteiger partial charge < -0.3 is 4.90 Å². The number of carbonyl (C=O) groups excluding carboxylic acids is 1. The Morgan fingerprint density at radius 1 is 1.23 bits per heavy atom. The van der Waals surface area contributed by atoms with Gasteiger partial charge in [-0.3, -0.25) is 19.8 Å². The van der Waals surface area contributed by atoms with Crippen LogP contribution in [0, 0.1) is 0 Å². The van der Waals surface area contributed by atoms with Crippen molar-refractivity contribution >= 4 is 28.4 Å². The molecular weight excluding hydrogens is 350 g/mol. The summed E-state index contributed by atoms with van der Waals surface area (Å²) in [6, 6.07) is 9.75. The maximum Gasteiger partial charge on any atom is 0.275 e. The Morgan fingerprint density at radius 2 is 2.04 bits per heavy atom. The average Bonchev–Trinajstić information content (AvgIpc) is 3.10. The first-order chi connectivity index (χ1) is 12.6. The summed E-state index contributed by atoms with van der Waals surface area (Å²) in [5.74, 6) is -0.0489. The van der Waals surface area contributed by atoms with Crippen LogP contribution in [0.3, 0.4) is 0 Å². The number of carbonyl (C=O) groups is 1. The van der Waals surface area contributed by atoms with Crippen molar-refractivity contribution in [2.24, 2.45) is 0 Å². The quantitative estimate of drug-likeness (QED) is 0.770. The maximum absolute atomic E-state index is 12.9. The number of amides is 1. The molecule has 1 atom stereocenters. The van der Waals surface area contributed by atoms with Crippen LogP contribution in [0.25, 0.3) is 10.9 Å². The van der Waals surface area contributed by atoms with E-state index in [0.717, 1.165) is 24.0 Å². The zero-order valence-electron chi connectivity index (χ0n) is 14.5. The minimum atomic E-state index is -0.0489. The van der Waals surface area contributed by atoms with E-state index in [9.17, 15) is 4.79 Å². The predicted molar refractivity (Wildman–Crippen MR) is 101 cm³/mol. The van der Waals surface area contributed by atoms with Crippen molar-refractivity contribution in [1.29, 1.82) is 0 Å². The predicted octanol–water partition coefficient (Wildman–Crippen LogP) is 3.13. The van der Waals surface area contributed by atoms with Gasteiger partial charge in [-0.25, -0.2) is 0 Å². The zero-order valence-corrected chi connectivity index (χ0v) is 15.3. The van der Waals surface area contributed by atoms with Crippen LogP contribution in [0.1, 0.15) is 29.0 Å². The van der Waals surface area contributed by atoms with Crippen molar-refractivity contribution in [3.8, 4) is 0 Å². The summed E-state index contributed by atoms with van der Waals surface area (Å²) < 4.78 is 0. The largest absolute Gasteiger partial charge is 0.335 e. The molecule has 0 bridgehead atoms. The summed E-state index contributed by atoms with van der Waals surface area (Å²) in [7, 11) is 0. The molecule has 1 aromatic carbocycles. The van der Waals surface area contributed by atoms with E-state index in [1.807, 2.05) is 23.2 Å².